The van der Waals surface area contributed by atoms with Crippen LogP contribution >= 0.6 is 0 Å². The minimum Gasteiger partial charge on any atom is -0.497 e. The van der Waals surface area contributed by atoms with Crippen LogP contribution in [0.1, 0.15) is 5.56 Å². The first-order valence-corrected chi connectivity index (χ1v) is 10.5. The first kappa shape index (κ1) is 21.3. The van der Waals surface area contributed by atoms with Gasteiger partial charge in [0.15, 0.2) is 11.4 Å². The molecule has 3 heterocycles. The first-order valence-electron chi connectivity index (χ1n) is 10.5. The fraction of sp³-hybridized carbons (Fsp3) is 0.160. The van der Waals surface area contributed by atoms with E-state index in [9.17, 15) is 14.7 Å². The number of fused-ring (bicyclic) bond motifs is 1. The maximum atomic E-state index is 13.0. The van der Waals surface area contributed by atoms with Crippen molar-refractivity contribution in [1.82, 2.24) is 20.2 Å². The first-order chi connectivity index (χ1) is 16.4. The van der Waals surface area contributed by atoms with Gasteiger partial charge in [-0.25, -0.2) is 4.79 Å². The number of urea groups is 1. The van der Waals surface area contributed by atoms with E-state index in [0.717, 1.165) is 16.5 Å². The third kappa shape index (κ3) is 3.47. The fourth-order valence-corrected chi connectivity index (χ4v) is 4.26. The van der Waals surface area contributed by atoms with Gasteiger partial charge >= 0.3 is 6.03 Å². The lowest BCUT2D eigenvalue weighted by Gasteiger charge is -2.27. The molecule has 4 aromatic rings. The molecule has 0 bridgehead atoms. The number of hydrogen-bond acceptors (Lipinski definition) is 6. The Bertz CT molecular complexity index is 1410. The van der Waals surface area contributed by atoms with Gasteiger partial charge in [-0.3, -0.25) is 15.1 Å². The lowest BCUT2D eigenvalue weighted by molar-refractivity contribution is -0.124. The number of aromatic nitrogens is 2. The van der Waals surface area contributed by atoms with Gasteiger partial charge in [0, 0.05) is 28.7 Å². The lowest BCUT2D eigenvalue weighted by Crippen LogP contribution is -2.47. The summed E-state index contributed by atoms with van der Waals surface area (Å²) in [4.78, 5) is 29.4. The van der Waals surface area contributed by atoms with Crippen LogP contribution in [0.15, 0.2) is 67.1 Å². The molecule has 3 amide bonds. The molecule has 0 saturated carbocycles. The van der Waals surface area contributed by atoms with Crippen LogP contribution in [0.3, 0.4) is 0 Å². The van der Waals surface area contributed by atoms with Crippen LogP contribution in [0.5, 0.6) is 17.4 Å². The minimum absolute atomic E-state index is 0.00648. The van der Waals surface area contributed by atoms with Gasteiger partial charge in [0.1, 0.15) is 11.5 Å². The Morgan fingerprint density at radius 2 is 1.74 bits per heavy atom. The van der Waals surface area contributed by atoms with Crippen LogP contribution in [0, 0.1) is 0 Å². The van der Waals surface area contributed by atoms with Crippen molar-refractivity contribution in [3.8, 4) is 28.5 Å². The summed E-state index contributed by atoms with van der Waals surface area (Å²) < 4.78 is 12.0. The molecule has 172 valence electrons. The number of benzene rings is 2. The highest BCUT2D eigenvalue weighted by Gasteiger charge is 2.48. The summed E-state index contributed by atoms with van der Waals surface area (Å²) in [7, 11) is 3.12. The maximum absolute atomic E-state index is 13.0. The van der Waals surface area contributed by atoms with Crippen molar-refractivity contribution < 1.29 is 24.2 Å². The van der Waals surface area contributed by atoms with Crippen molar-refractivity contribution in [2.75, 3.05) is 14.2 Å². The number of imide groups is 1. The van der Waals surface area contributed by atoms with Gasteiger partial charge in [0.25, 0.3) is 5.91 Å². The number of carbonyl (C=O) groups is 2. The van der Waals surface area contributed by atoms with E-state index in [1.807, 2.05) is 24.3 Å². The summed E-state index contributed by atoms with van der Waals surface area (Å²) in [6, 6.07) is 13.9. The van der Waals surface area contributed by atoms with Crippen molar-refractivity contribution in [1.29, 1.82) is 0 Å². The Labute approximate surface area is 194 Å². The average molecular weight is 458 g/mol. The zero-order chi connectivity index (χ0) is 23.9. The van der Waals surface area contributed by atoms with E-state index in [1.165, 1.54) is 0 Å². The van der Waals surface area contributed by atoms with E-state index < -0.39 is 17.5 Å². The lowest BCUT2D eigenvalue weighted by atomic mass is 9.88. The van der Waals surface area contributed by atoms with Gasteiger partial charge in [-0.2, -0.15) is 0 Å². The predicted molar refractivity (Wildman–Crippen MR) is 125 cm³/mol. The highest BCUT2D eigenvalue weighted by atomic mass is 16.5. The van der Waals surface area contributed by atoms with Crippen molar-refractivity contribution in [2.45, 2.75) is 12.1 Å². The summed E-state index contributed by atoms with van der Waals surface area (Å²) in [5, 5.41) is 17.3. The number of nitrogens with zero attached hydrogens (tertiary/aromatic N) is 2. The molecule has 3 N–H and O–H groups in total. The van der Waals surface area contributed by atoms with Crippen molar-refractivity contribution in [3.63, 3.8) is 0 Å². The van der Waals surface area contributed by atoms with Crippen LogP contribution in [0.2, 0.25) is 0 Å². The normalized spacial score (nSPS) is 17.5. The number of pyridine rings is 1. The monoisotopic (exact) mass is 458 g/mol. The number of ether oxygens (including phenoxy) is 2. The summed E-state index contributed by atoms with van der Waals surface area (Å²) in [5.74, 6) is 0.710. The van der Waals surface area contributed by atoms with Crippen molar-refractivity contribution in [3.05, 3.63) is 72.7 Å². The van der Waals surface area contributed by atoms with Gasteiger partial charge in [-0.15, -0.1) is 0 Å². The van der Waals surface area contributed by atoms with Gasteiger partial charge in [0.05, 0.1) is 27.0 Å². The molecule has 1 aliphatic heterocycles. The molecule has 5 rings (SSSR count). The smallest absolute Gasteiger partial charge is 0.322 e. The van der Waals surface area contributed by atoms with Gasteiger partial charge in [-0.05, 0) is 35.4 Å². The van der Waals surface area contributed by atoms with E-state index in [-0.39, 0.29) is 12.4 Å². The van der Waals surface area contributed by atoms with E-state index >= 15 is 0 Å². The summed E-state index contributed by atoms with van der Waals surface area (Å²) in [6.07, 6.45) is 5.07. The number of hydrogen-bond donors (Lipinski definition) is 3. The molecule has 2 aromatic heterocycles. The highest BCUT2D eigenvalue weighted by molar-refractivity contribution is 6.07. The molecular weight excluding hydrogens is 436 g/mol. The number of carbonyl (C=O) groups excluding carboxylic acids is 2. The Kier molecular flexibility index (Phi) is 5.09. The van der Waals surface area contributed by atoms with Crippen LogP contribution in [0.4, 0.5) is 4.79 Å². The quantitative estimate of drug-likeness (QED) is 0.383. The average Bonchev–Trinajstić information content (AvgIpc) is 3.33. The molecule has 0 unspecified atom stereocenters. The largest absolute Gasteiger partial charge is 0.497 e. The van der Waals surface area contributed by atoms with E-state index in [1.54, 1.807) is 61.6 Å². The number of aromatic hydroxyl groups is 1. The third-order valence-corrected chi connectivity index (χ3v) is 6.08. The van der Waals surface area contributed by atoms with Gasteiger partial charge < -0.3 is 24.5 Å². The molecule has 9 heteroatoms. The standard InChI is InChI=1S/C25H22N4O5/c1-33-19-8-5-16-13-29(22(30)21(16)10-19)14-25(23(31)27-24(32)28-25)18-6-3-15(4-7-18)17-9-20(34-2)12-26-11-17/h3-13,30H,14H2,1-2H3,(H2,27,28,31,32)/t25-/m0/s1. The molecule has 0 spiro atoms. The predicted octanol–water partition coefficient (Wildman–Crippen LogP) is 3.16. The Morgan fingerprint density at radius 1 is 0.971 bits per heavy atom. The van der Waals surface area contributed by atoms with Crippen LogP contribution in [-0.4, -0.2) is 40.8 Å². The van der Waals surface area contributed by atoms with Crippen LogP contribution in [0.25, 0.3) is 21.9 Å². The summed E-state index contributed by atoms with van der Waals surface area (Å²) in [6.45, 7) is -0.00648. The molecule has 2 aromatic carbocycles. The van der Waals surface area contributed by atoms with Crippen LogP contribution in [-0.2, 0) is 16.9 Å². The zero-order valence-electron chi connectivity index (χ0n) is 18.5. The van der Waals surface area contributed by atoms with Crippen LogP contribution < -0.4 is 20.1 Å². The number of nitrogens with one attached hydrogen (secondary N) is 2. The number of rotatable bonds is 6. The topological polar surface area (TPSA) is 115 Å². The second-order valence-electron chi connectivity index (χ2n) is 8.04. The number of methoxy groups -OCH3 is 2. The number of amides is 3. The van der Waals surface area contributed by atoms with Crippen molar-refractivity contribution >= 4 is 22.7 Å². The molecule has 0 aliphatic carbocycles. The van der Waals surface area contributed by atoms with E-state index in [0.29, 0.717) is 22.4 Å². The molecule has 1 saturated heterocycles. The molecule has 1 aliphatic rings. The zero-order valence-corrected chi connectivity index (χ0v) is 18.5. The van der Waals surface area contributed by atoms with E-state index in [2.05, 4.69) is 15.6 Å². The van der Waals surface area contributed by atoms with E-state index in [4.69, 9.17) is 9.47 Å². The molecular formula is C25H22N4O5. The molecule has 0 radical (unpaired) electrons. The molecule has 1 atom stereocenters. The highest BCUT2D eigenvalue weighted by Crippen LogP contribution is 2.35. The van der Waals surface area contributed by atoms with Crippen molar-refractivity contribution in [2.24, 2.45) is 0 Å². The summed E-state index contributed by atoms with van der Waals surface area (Å²) >= 11 is 0. The van der Waals surface area contributed by atoms with Gasteiger partial charge in [0.2, 0.25) is 0 Å². The fourth-order valence-electron chi connectivity index (χ4n) is 4.26. The maximum Gasteiger partial charge on any atom is 0.322 e. The Hall–Kier alpha value is -4.53. The second kappa shape index (κ2) is 8.11. The summed E-state index contributed by atoms with van der Waals surface area (Å²) in [5.41, 5.74) is 0.892. The Morgan fingerprint density at radius 3 is 2.41 bits per heavy atom. The van der Waals surface area contributed by atoms with Gasteiger partial charge in [-0.1, -0.05) is 24.3 Å². The third-order valence-electron chi connectivity index (χ3n) is 6.08. The minimum atomic E-state index is -1.40. The molecule has 34 heavy (non-hydrogen) atoms. The Balaban J connectivity index is 1.55. The molecule has 9 nitrogen and oxygen atoms in total. The molecule has 1 fully saturated rings. The SMILES string of the molecule is COc1cncc(-c2ccc([C@]3(Cn4cc5ccc(OC)cc5c4O)NC(=O)NC3=O)cc2)c1. The second-order valence-corrected chi connectivity index (χ2v) is 8.04.